The first-order valence-corrected chi connectivity index (χ1v) is 5.60. The molecule has 0 saturated heterocycles. The Morgan fingerprint density at radius 2 is 2.13 bits per heavy atom. The maximum absolute atomic E-state index is 4.06. The van der Waals surface area contributed by atoms with Crippen molar-refractivity contribution in [1.82, 2.24) is 20.0 Å². The molecule has 0 saturated carbocycles. The van der Waals surface area contributed by atoms with Crippen molar-refractivity contribution in [3.8, 4) is 0 Å². The zero-order valence-electron chi connectivity index (χ0n) is 8.34. The van der Waals surface area contributed by atoms with Gasteiger partial charge in [-0.2, -0.15) is 0 Å². The fraction of sp³-hybridized carbons (Fsp3) is 0.300. The summed E-state index contributed by atoms with van der Waals surface area (Å²) in [7, 11) is 0. The average Bonchev–Trinajstić information content (AvgIpc) is 2.68. The lowest BCUT2D eigenvalue weighted by molar-refractivity contribution is 0.648. The number of halogens is 1. The molecular weight excluding hydrogens is 256 g/mol. The van der Waals surface area contributed by atoms with Crippen LogP contribution >= 0.6 is 15.9 Å². The van der Waals surface area contributed by atoms with Crippen LogP contribution in [0.15, 0.2) is 30.7 Å². The lowest BCUT2D eigenvalue weighted by Crippen LogP contribution is -2.00. The quantitative estimate of drug-likeness (QED) is 0.800. The molecular formula is C10H11BrN4. The standard InChI is InChI=1S/C10H11BrN4/c1-8(11)10-7-15(14-13-10)6-9-2-4-12-5-3-9/h2-5,7-8H,6H2,1H3. The molecule has 0 aliphatic heterocycles. The first kappa shape index (κ1) is 10.3. The van der Waals surface area contributed by atoms with Gasteiger partial charge in [0, 0.05) is 18.6 Å². The summed E-state index contributed by atoms with van der Waals surface area (Å²) in [5.74, 6) is 0. The summed E-state index contributed by atoms with van der Waals surface area (Å²) in [5.41, 5.74) is 2.12. The Hall–Kier alpha value is -1.23. The van der Waals surface area contributed by atoms with Crippen LogP contribution in [0.1, 0.15) is 23.0 Å². The van der Waals surface area contributed by atoms with Gasteiger partial charge in [-0.1, -0.05) is 21.1 Å². The van der Waals surface area contributed by atoms with Crippen molar-refractivity contribution in [3.05, 3.63) is 42.0 Å². The second-order valence-corrected chi connectivity index (χ2v) is 4.69. The molecule has 0 amide bonds. The number of pyridine rings is 1. The van der Waals surface area contributed by atoms with E-state index in [1.54, 1.807) is 12.4 Å². The van der Waals surface area contributed by atoms with Crippen LogP contribution in [0.5, 0.6) is 0 Å². The first-order valence-electron chi connectivity index (χ1n) is 4.68. The van der Waals surface area contributed by atoms with Crippen molar-refractivity contribution in [1.29, 1.82) is 0 Å². The topological polar surface area (TPSA) is 43.6 Å². The molecule has 2 heterocycles. The van der Waals surface area contributed by atoms with E-state index in [1.165, 1.54) is 5.56 Å². The summed E-state index contributed by atoms with van der Waals surface area (Å²) in [6, 6.07) is 3.94. The molecule has 1 atom stereocenters. The fourth-order valence-corrected chi connectivity index (χ4v) is 1.46. The van der Waals surface area contributed by atoms with Crippen LogP contribution in [-0.2, 0) is 6.54 Å². The van der Waals surface area contributed by atoms with Gasteiger partial charge in [0.05, 0.1) is 17.1 Å². The molecule has 4 nitrogen and oxygen atoms in total. The smallest absolute Gasteiger partial charge is 0.0960 e. The van der Waals surface area contributed by atoms with Gasteiger partial charge in [0.15, 0.2) is 0 Å². The largest absolute Gasteiger partial charge is 0.265 e. The predicted octanol–water partition coefficient (Wildman–Crippen LogP) is 2.18. The number of hydrogen-bond donors (Lipinski definition) is 0. The Balaban J connectivity index is 2.12. The van der Waals surface area contributed by atoms with E-state index >= 15 is 0 Å². The third-order valence-corrected chi connectivity index (χ3v) is 2.53. The molecule has 15 heavy (non-hydrogen) atoms. The summed E-state index contributed by atoms with van der Waals surface area (Å²) < 4.78 is 1.82. The minimum Gasteiger partial charge on any atom is -0.265 e. The third-order valence-electron chi connectivity index (χ3n) is 2.06. The lowest BCUT2D eigenvalue weighted by atomic mass is 10.3. The molecule has 0 spiro atoms. The van der Waals surface area contributed by atoms with Crippen molar-refractivity contribution in [2.75, 3.05) is 0 Å². The third kappa shape index (κ3) is 2.62. The Morgan fingerprint density at radius 3 is 2.73 bits per heavy atom. The Kier molecular flexibility index (Phi) is 3.11. The molecule has 2 aromatic rings. The highest BCUT2D eigenvalue weighted by Crippen LogP contribution is 2.18. The van der Waals surface area contributed by atoms with Crippen molar-refractivity contribution >= 4 is 15.9 Å². The van der Waals surface area contributed by atoms with Crippen LogP contribution in [-0.4, -0.2) is 20.0 Å². The SMILES string of the molecule is CC(Br)c1cn(Cc2ccncc2)nn1. The van der Waals surface area contributed by atoms with E-state index in [1.807, 2.05) is 29.9 Å². The molecule has 0 bridgehead atoms. The second-order valence-electron chi connectivity index (χ2n) is 3.31. The Morgan fingerprint density at radius 1 is 1.40 bits per heavy atom. The van der Waals surface area contributed by atoms with Gasteiger partial charge in [-0.3, -0.25) is 4.98 Å². The van der Waals surface area contributed by atoms with Gasteiger partial charge < -0.3 is 0 Å². The lowest BCUT2D eigenvalue weighted by Gasteiger charge is -1.99. The minimum absolute atomic E-state index is 0.240. The maximum atomic E-state index is 4.06. The zero-order valence-corrected chi connectivity index (χ0v) is 9.92. The molecule has 0 aromatic carbocycles. The van der Waals surface area contributed by atoms with E-state index < -0.39 is 0 Å². The molecule has 5 heteroatoms. The Bertz CT molecular complexity index is 424. The molecule has 2 rings (SSSR count). The van der Waals surface area contributed by atoms with E-state index in [-0.39, 0.29) is 4.83 Å². The summed E-state index contributed by atoms with van der Waals surface area (Å²) in [6.07, 6.45) is 5.50. The second kappa shape index (κ2) is 4.53. The van der Waals surface area contributed by atoms with Gasteiger partial charge >= 0.3 is 0 Å². The summed E-state index contributed by atoms with van der Waals surface area (Å²) >= 11 is 3.46. The van der Waals surface area contributed by atoms with Crippen LogP contribution < -0.4 is 0 Å². The normalized spacial score (nSPS) is 12.7. The van der Waals surface area contributed by atoms with E-state index in [0.717, 1.165) is 12.2 Å². The van der Waals surface area contributed by atoms with Gasteiger partial charge in [0.2, 0.25) is 0 Å². The maximum Gasteiger partial charge on any atom is 0.0960 e. The van der Waals surface area contributed by atoms with Crippen molar-refractivity contribution in [2.24, 2.45) is 0 Å². The Labute approximate surface area is 96.5 Å². The van der Waals surface area contributed by atoms with E-state index in [2.05, 4.69) is 31.2 Å². The molecule has 78 valence electrons. The summed E-state index contributed by atoms with van der Waals surface area (Å²) in [6.45, 7) is 2.76. The van der Waals surface area contributed by atoms with Crippen LogP contribution in [0.25, 0.3) is 0 Å². The molecule has 0 aliphatic carbocycles. The fourth-order valence-electron chi connectivity index (χ4n) is 1.25. The van der Waals surface area contributed by atoms with Crippen molar-refractivity contribution < 1.29 is 0 Å². The van der Waals surface area contributed by atoms with Crippen LogP contribution in [0.4, 0.5) is 0 Å². The van der Waals surface area contributed by atoms with E-state index in [4.69, 9.17) is 0 Å². The van der Waals surface area contributed by atoms with Gasteiger partial charge in [-0.05, 0) is 24.6 Å². The number of rotatable bonds is 3. The van der Waals surface area contributed by atoms with Crippen LogP contribution in [0, 0.1) is 0 Å². The number of hydrogen-bond acceptors (Lipinski definition) is 3. The number of alkyl halides is 1. The molecule has 0 N–H and O–H groups in total. The minimum atomic E-state index is 0.240. The number of nitrogens with zero attached hydrogens (tertiary/aromatic N) is 4. The van der Waals surface area contributed by atoms with Crippen LogP contribution in [0.2, 0.25) is 0 Å². The van der Waals surface area contributed by atoms with E-state index in [0.29, 0.717) is 0 Å². The highest BCUT2D eigenvalue weighted by Gasteiger charge is 2.05. The van der Waals surface area contributed by atoms with Crippen LogP contribution in [0.3, 0.4) is 0 Å². The first-order chi connectivity index (χ1) is 7.25. The van der Waals surface area contributed by atoms with Gasteiger partial charge in [0.25, 0.3) is 0 Å². The van der Waals surface area contributed by atoms with Gasteiger partial charge in [-0.15, -0.1) is 5.10 Å². The van der Waals surface area contributed by atoms with Gasteiger partial charge in [-0.25, -0.2) is 4.68 Å². The molecule has 0 radical (unpaired) electrons. The monoisotopic (exact) mass is 266 g/mol. The van der Waals surface area contributed by atoms with Crippen molar-refractivity contribution in [3.63, 3.8) is 0 Å². The summed E-state index contributed by atoms with van der Waals surface area (Å²) in [5, 5.41) is 8.11. The predicted molar refractivity (Wildman–Crippen MR) is 60.7 cm³/mol. The number of aromatic nitrogens is 4. The highest BCUT2D eigenvalue weighted by molar-refractivity contribution is 9.09. The zero-order chi connectivity index (χ0) is 10.7. The molecule has 0 fully saturated rings. The molecule has 1 unspecified atom stereocenters. The summed E-state index contributed by atoms with van der Waals surface area (Å²) in [4.78, 5) is 4.21. The average molecular weight is 267 g/mol. The highest BCUT2D eigenvalue weighted by atomic mass is 79.9. The van der Waals surface area contributed by atoms with Gasteiger partial charge in [0.1, 0.15) is 0 Å². The van der Waals surface area contributed by atoms with Crippen molar-refractivity contribution in [2.45, 2.75) is 18.3 Å². The van der Waals surface area contributed by atoms with E-state index in [9.17, 15) is 0 Å². The molecule has 0 aliphatic rings. The molecule has 2 aromatic heterocycles.